The lowest BCUT2D eigenvalue weighted by molar-refractivity contribution is 0.0570. The van der Waals surface area contributed by atoms with Crippen molar-refractivity contribution in [3.63, 3.8) is 0 Å². The van der Waals surface area contributed by atoms with Crippen LogP contribution in [0.2, 0.25) is 10.0 Å². The van der Waals surface area contributed by atoms with Crippen LogP contribution in [0.1, 0.15) is 50.8 Å². The van der Waals surface area contributed by atoms with Gasteiger partial charge in [-0.2, -0.15) is 5.26 Å². The lowest BCUT2D eigenvalue weighted by Crippen LogP contribution is -2.52. The van der Waals surface area contributed by atoms with E-state index in [4.69, 9.17) is 23.2 Å². The van der Waals surface area contributed by atoms with Crippen LogP contribution in [0.15, 0.2) is 78.8 Å². The number of hydrogen-bond acceptors (Lipinski definition) is 8. The molecule has 0 spiro atoms. The van der Waals surface area contributed by atoms with Crippen LogP contribution >= 0.6 is 23.2 Å². The van der Waals surface area contributed by atoms with E-state index in [1.807, 2.05) is 30.3 Å². The van der Waals surface area contributed by atoms with E-state index in [0.29, 0.717) is 33.3 Å². The molecule has 45 heavy (non-hydrogen) atoms. The van der Waals surface area contributed by atoms with Gasteiger partial charge < -0.3 is 16.1 Å². The molecule has 4 aromatic rings. The molecule has 0 unspecified atom stereocenters. The number of rotatable bonds is 7. The number of pyridine rings is 1. The molecule has 2 aliphatic heterocycles. The number of benzene rings is 3. The van der Waals surface area contributed by atoms with E-state index < -0.39 is 5.82 Å². The Hall–Kier alpha value is -4.07. The third-order valence-corrected chi connectivity index (χ3v) is 9.01. The van der Waals surface area contributed by atoms with Gasteiger partial charge >= 0.3 is 0 Å². The number of aromatic nitrogens is 1. The number of nitriles is 1. The zero-order valence-corrected chi connectivity index (χ0v) is 26.8. The number of hydrogen-bond donors (Lipinski definition) is 4. The highest BCUT2D eigenvalue weighted by Gasteiger charge is 2.32. The van der Waals surface area contributed by atoms with Crippen molar-refractivity contribution in [1.82, 2.24) is 25.9 Å². The van der Waals surface area contributed by atoms with Gasteiger partial charge in [-0.1, -0.05) is 59.6 Å². The lowest BCUT2D eigenvalue weighted by Gasteiger charge is -2.42. The van der Waals surface area contributed by atoms with Crippen LogP contribution in [-0.4, -0.2) is 39.6 Å². The summed E-state index contributed by atoms with van der Waals surface area (Å²) in [6.45, 7) is 8.88. The summed E-state index contributed by atoms with van der Waals surface area (Å²) in [5.74, 6) is -0.613. The fourth-order valence-electron chi connectivity index (χ4n) is 5.95. The second-order valence-corrected chi connectivity index (χ2v) is 13.2. The van der Waals surface area contributed by atoms with Gasteiger partial charge in [-0.15, -0.1) is 5.53 Å². The van der Waals surface area contributed by atoms with Gasteiger partial charge in [0.1, 0.15) is 6.07 Å². The molecule has 3 heterocycles. The van der Waals surface area contributed by atoms with Crippen LogP contribution in [-0.2, 0) is 0 Å². The van der Waals surface area contributed by atoms with Crippen molar-refractivity contribution >= 4 is 51.2 Å². The van der Waals surface area contributed by atoms with Crippen LogP contribution in [0, 0.1) is 17.1 Å². The van der Waals surface area contributed by atoms with Gasteiger partial charge in [-0.25, -0.2) is 4.39 Å². The Labute approximate surface area is 272 Å². The minimum atomic E-state index is -0.613. The number of nitrogens with one attached hydrogen (secondary N) is 4. The first-order valence-corrected chi connectivity index (χ1v) is 15.7. The Morgan fingerprint density at radius 2 is 1.80 bits per heavy atom. The minimum absolute atomic E-state index is 0.0253. The summed E-state index contributed by atoms with van der Waals surface area (Å²) in [5, 5.41) is 19.7. The van der Waals surface area contributed by atoms with Crippen molar-refractivity contribution in [2.75, 3.05) is 23.7 Å². The van der Waals surface area contributed by atoms with Crippen molar-refractivity contribution < 1.29 is 4.39 Å². The zero-order chi connectivity index (χ0) is 31.7. The van der Waals surface area contributed by atoms with E-state index in [-0.39, 0.29) is 27.9 Å². The zero-order valence-electron chi connectivity index (χ0n) is 25.3. The molecule has 4 N–H and O–H groups in total. The summed E-state index contributed by atoms with van der Waals surface area (Å²) < 4.78 is 14.9. The van der Waals surface area contributed by atoms with E-state index in [0.717, 1.165) is 37.2 Å². The third-order valence-electron chi connectivity index (χ3n) is 8.43. The average Bonchev–Trinajstić information content (AvgIpc) is 3.52. The first-order valence-electron chi connectivity index (χ1n) is 14.9. The van der Waals surface area contributed by atoms with Crippen molar-refractivity contribution in [2.24, 2.45) is 0 Å². The van der Waals surface area contributed by atoms with Crippen molar-refractivity contribution in [1.29, 1.82) is 5.26 Å². The van der Waals surface area contributed by atoms with Gasteiger partial charge in [0.25, 0.3) is 0 Å². The summed E-state index contributed by atoms with van der Waals surface area (Å²) in [7, 11) is 0. The number of fused-ring (bicyclic) bond motifs is 1. The molecular formula is C34H35Cl2FN8. The summed E-state index contributed by atoms with van der Waals surface area (Å²) in [6, 6.07) is 20.7. The maximum Gasteiger partial charge on any atom is 0.165 e. The molecule has 8 nitrogen and oxygen atoms in total. The molecule has 0 amide bonds. The summed E-state index contributed by atoms with van der Waals surface area (Å²) in [4.78, 5) is 6.98. The number of hydrazine groups is 2. The van der Waals surface area contributed by atoms with Crippen molar-refractivity contribution in [3.8, 4) is 6.07 Å². The van der Waals surface area contributed by atoms with Crippen LogP contribution in [0.25, 0.3) is 10.9 Å². The van der Waals surface area contributed by atoms with Gasteiger partial charge in [0.2, 0.25) is 0 Å². The molecule has 232 valence electrons. The van der Waals surface area contributed by atoms with Crippen molar-refractivity contribution in [2.45, 2.75) is 51.2 Å². The third kappa shape index (κ3) is 6.51. The molecule has 1 aromatic heterocycles. The average molecular weight is 646 g/mol. The number of piperidine rings is 1. The fraction of sp³-hybridized carbons (Fsp3) is 0.294. The smallest absolute Gasteiger partial charge is 0.165 e. The molecule has 3 aromatic carbocycles. The maximum absolute atomic E-state index is 14.9. The van der Waals surface area contributed by atoms with E-state index in [2.05, 4.69) is 81.7 Å². The lowest BCUT2D eigenvalue weighted by atomic mass is 9.98. The minimum Gasteiger partial charge on any atom is -0.373 e. The van der Waals surface area contributed by atoms with Gasteiger partial charge in [0, 0.05) is 48.1 Å². The molecule has 6 rings (SSSR count). The van der Waals surface area contributed by atoms with E-state index in [1.165, 1.54) is 12.3 Å². The van der Waals surface area contributed by atoms with Crippen LogP contribution in [0.5, 0.6) is 0 Å². The fourth-order valence-corrected chi connectivity index (χ4v) is 6.39. The Kier molecular flexibility index (Phi) is 8.76. The number of nitrogens with zero attached hydrogens (tertiary/aromatic N) is 4. The number of halogens is 3. The monoisotopic (exact) mass is 644 g/mol. The quantitative estimate of drug-likeness (QED) is 0.161. The molecule has 1 atom stereocenters. The second kappa shape index (κ2) is 12.7. The van der Waals surface area contributed by atoms with Gasteiger partial charge in [0.15, 0.2) is 5.82 Å². The SMILES string of the molecule is CC(C)(C)N1CCC(N2C=C([C@@H](Nc3cc(Cl)c4ncc(C#N)c(Nc5cccc(Cl)c5F)c4c3)c3ccccc3)NN2)CC1. The molecule has 2 aliphatic rings. The molecule has 0 bridgehead atoms. The van der Waals surface area contributed by atoms with Gasteiger partial charge in [0.05, 0.1) is 44.2 Å². The first-order chi connectivity index (χ1) is 21.6. The Balaban J connectivity index is 1.34. The molecule has 1 fully saturated rings. The maximum atomic E-state index is 14.9. The Morgan fingerprint density at radius 3 is 2.51 bits per heavy atom. The van der Waals surface area contributed by atoms with Crippen molar-refractivity contribution in [3.05, 3.63) is 106 Å². The summed E-state index contributed by atoms with van der Waals surface area (Å²) in [5.41, 5.74) is 10.9. The van der Waals surface area contributed by atoms with E-state index >= 15 is 0 Å². The van der Waals surface area contributed by atoms with Gasteiger partial charge in [-0.05, 0) is 63.4 Å². The van der Waals surface area contributed by atoms with E-state index in [1.54, 1.807) is 12.1 Å². The molecule has 1 saturated heterocycles. The molecular weight excluding hydrogens is 610 g/mol. The molecule has 0 saturated carbocycles. The highest BCUT2D eigenvalue weighted by Crippen LogP contribution is 2.38. The van der Waals surface area contributed by atoms with Crippen LogP contribution < -0.4 is 21.6 Å². The van der Waals surface area contributed by atoms with Crippen LogP contribution in [0.4, 0.5) is 21.5 Å². The molecule has 0 radical (unpaired) electrons. The molecule has 0 aliphatic carbocycles. The topological polar surface area (TPSA) is 91.3 Å². The number of anilines is 3. The number of likely N-dealkylation sites (tertiary alicyclic amines) is 1. The standard InChI is InChI=1S/C34H35Cl2FN8/c1-34(2,3)44-14-12-24(13-15-44)45-20-29(42-43-45)32(21-8-5-4-6-9-21)40-23-16-25-31(41-28-11-7-10-26(35)30(28)37)22(18-38)19-39-33(25)27(36)17-23/h4-11,16-17,19-20,24,32,40,42-43H,12-15H2,1-3H3,(H,39,41)/t32-/m0/s1. The summed E-state index contributed by atoms with van der Waals surface area (Å²) >= 11 is 12.8. The molecule has 11 heteroatoms. The Bertz CT molecular complexity index is 1780. The second-order valence-electron chi connectivity index (χ2n) is 12.3. The summed E-state index contributed by atoms with van der Waals surface area (Å²) in [6.07, 6.45) is 5.67. The highest BCUT2D eigenvalue weighted by molar-refractivity contribution is 6.36. The Morgan fingerprint density at radius 1 is 1.04 bits per heavy atom. The largest absolute Gasteiger partial charge is 0.373 e. The van der Waals surface area contributed by atoms with Gasteiger partial charge in [-0.3, -0.25) is 14.9 Å². The first kappa shape index (κ1) is 30.9. The predicted molar refractivity (Wildman–Crippen MR) is 180 cm³/mol. The van der Waals surface area contributed by atoms with E-state index in [9.17, 15) is 9.65 Å². The van der Waals surface area contributed by atoms with Crippen LogP contribution in [0.3, 0.4) is 0 Å². The highest BCUT2D eigenvalue weighted by atomic mass is 35.5. The predicted octanol–water partition coefficient (Wildman–Crippen LogP) is 7.88. The normalized spacial score (nSPS) is 16.6.